The number of hydrogen-bond donors (Lipinski definition) is 6. The summed E-state index contributed by atoms with van der Waals surface area (Å²) in [5.74, 6) is -2.09. The zero-order valence-corrected chi connectivity index (χ0v) is 23.1. The summed E-state index contributed by atoms with van der Waals surface area (Å²) < 4.78 is 0. The molecule has 2 aromatic rings. The quantitative estimate of drug-likeness (QED) is 0.204. The van der Waals surface area contributed by atoms with Crippen molar-refractivity contribution in [1.82, 2.24) is 15.5 Å². The van der Waals surface area contributed by atoms with Crippen molar-refractivity contribution in [2.45, 2.75) is 56.3 Å². The van der Waals surface area contributed by atoms with E-state index in [0.29, 0.717) is 30.7 Å². The van der Waals surface area contributed by atoms with Gasteiger partial charge in [0.25, 0.3) is 0 Å². The minimum absolute atomic E-state index is 0.0422. The number of carboxylic acid groups (broad SMARTS) is 1. The number of hydrogen-bond acceptors (Lipinski definition) is 8. The highest BCUT2D eigenvalue weighted by atomic mass is 32.2. The van der Waals surface area contributed by atoms with Crippen molar-refractivity contribution in [3.05, 3.63) is 59.7 Å². The zero-order chi connectivity index (χ0) is 29.2. The molecule has 2 aromatic carbocycles. The fraction of sp³-hybridized carbons (Fsp3) is 0.429. The van der Waals surface area contributed by atoms with Gasteiger partial charge in [0.1, 0.15) is 29.6 Å². The van der Waals surface area contributed by atoms with Crippen molar-refractivity contribution in [1.29, 1.82) is 0 Å². The molecule has 1 aliphatic heterocycles. The number of carbonyl (C=O) groups excluding carboxylic acids is 3. The third-order valence-corrected chi connectivity index (χ3v) is 7.43. The number of thioether (sulfide) groups is 1. The molecule has 3 rings (SSSR count). The maximum absolute atomic E-state index is 13.4. The molecule has 0 radical (unpaired) electrons. The highest BCUT2D eigenvalue weighted by Crippen LogP contribution is 2.20. The van der Waals surface area contributed by atoms with Crippen LogP contribution in [0.5, 0.6) is 11.5 Å². The maximum Gasteiger partial charge on any atom is 0.326 e. The Labute approximate surface area is 237 Å². The van der Waals surface area contributed by atoms with E-state index >= 15 is 0 Å². The number of carboxylic acids is 1. The van der Waals surface area contributed by atoms with Crippen LogP contribution in [0.3, 0.4) is 0 Å². The number of aromatic hydroxyl groups is 2. The molecule has 3 amide bonds. The first-order valence-electron chi connectivity index (χ1n) is 13.0. The lowest BCUT2D eigenvalue weighted by atomic mass is 10.0. The lowest BCUT2D eigenvalue weighted by molar-refractivity contribution is -0.143. The molecule has 216 valence electrons. The van der Waals surface area contributed by atoms with Crippen molar-refractivity contribution in [3.8, 4) is 11.5 Å². The number of aliphatic carboxylic acids is 1. The Morgan fingerprint density at radius 2 is 1.52 bits per heavy atom. The van der Waals surface area contributed by atoms with Crippen LogP contribution < -0.4 is 16.4 Å². The second-order valence-corrected chi connectivity index (χ2v) is 10.8. The molecule has 0 aliphatic carbocycles. The van der Waals surface area contributed by atoms with Crippen molar-refractivity contribution in [2.24, 2.45) is 5.73 Å². The number of amides is 3. The van der Waals surface area contributed by atoms with Crippen molar-refractivity contribution in [2.75, 3.05) is 18.6 Å². The average molecular weight is 573 g/mol. The van der Waals surface area contributed by atoms with Crippen molar-refractivity contribution >= 4 is 35.5 Å². The second-order valence-electron chi connectivity index (χ2n) is 9.78. The van der Waals surface area contributed by atoms with Crippen LogP contribution in [0.1, 0.15) is 30.4 Å². The number of carbonyl (C=O) groups is 4. The maximum atomic E-state index is 13.4. The SMILES string of the molecule is CSCCC(NC(=O)C(Cc1ccc(O)cc1)NC(=O)C1CCCN1C(=O)C(N)Cc1ccc(O)cc1)C(=O)O. The Kier molecular flexibility index (Phi) is 11.2. The van der Waals surface area contributed by atoms with Gasteiger partial charge in [-0.15, -0.1) is 0 Å². The van der Waals surface area contributed by atoms with E-state index in [1.807, 2.05) is 6.26 Å². The molecule has 0 bridgehead atoms. The van der Waals surface area contributed by atoms with E-state index in [9.17, 15) is 34.5 Å². The molecular formula is C28H36N4O7S. The van der Waals surface area contributed by atoms with E-state index in [1.54, 1.807) is 24.3 Å². The number of phenols is 2. The van der Waals surface area contributed by atoms with E-state index in [0.717, 1.165) is 5.56 Å². The van der Waals surface area contributed by atoms with Gasteiger partial charge in [-0.2, -0.15) is 11.8 Å². The van der Waals surface area contributed by atoms with E-state index in [1.165, 1.54) is 40.9 Å². The van der Waals surface area contributed by atoms with Gasteiger partial charge in [-0.3, -0.25) is 14.4 Å². The summed E-state index contributed by atoms with van der Waals surface area (Å²) in [6.07, 6.45) is 3.30. The van der Waals surface area contributed by atoms with Gasteiger partial charge in [0, 0.05) is 13.0 Å². The number of rotatable bonds is 13. The van der Waals surface area contributed by atoms with Gasteiger partial charge in [-0.05, 0) is 73.1 Å². The van der Waals surface area contributed by atoms with Gasteiger partial charge < -0.3 is 36.6 Å². The summed E-state index contributed by atoms with van der Waals surface area (Å²) >= 11 is 1.45. The third-order valence-electron chi connectivity index (χ3n) is 6.78. The fourth-order valence-electron chi connectivity index (χ4n) is 4.60. The summed E-state index contributed by atoms with van der Waals surface area (Å²) in [5.41, 5.74) is 7.60. The average Bonchev–Trinajstić information content (AvgIpc) is 3.42. The van der Waals surface area contributed by atoms with E-state index < -0.39 is 47.9 Å². The molecule has 1 saturated heterocycles. The van der Waals surface area contributed by atoms with Crippen LogP contribution in [0.25, 0.3) is 0 Å². The molecular weight excluding hydrogens is 536 g/mol. The lowest BCUT2D eigenvalue weighted by Gasteiger charge is -2.29. The minimum atomic E-state index is -1.17. The van der Waals surface area contributed by atoms with Crippen molar-refractivity contribution in [3.63, 3.8) is 0 Å². The molecule has 11 nitrogen and oxygen atoms in total. The smallest absolute Gasteiger partial charge is 0.326 e. The number of nitrogens with zero attached hydrogens (tertiary/aromatic N) is 1. The van der Waals surface area contributed by atoms with Gasteiger partial charge in [-0.25, -0.2) is 4.79 Å². The molecule has 7 N–H and O–H groups in total. The van der Waals surface area contributed by atoms with Crippen LogP contribution in [0, 0.1) is 0 Å². The summed E-state index contributed by atoms with van der Waals surface area (Å²) in [5, 5.41) is 33.9. The van der Waals surface area contributed by atoms with Crippen molar-refractivity contribution < 1.29 is 34.5 Å². The minimum Gasteiger partial charge on any atom is -0.508 e. The van der Waals surface area contributed by atoms with Crippen LogP contribution in [0.2, 0.25) is 0 Å². The monoisotopic (exact) mass is 572 g/mol. The number of phenolic OH excluding ortho intramolecular Hbond substituents is 2. The number of nitrogens with two attached hydrogens (primary N) is 1. The summed E-state index contributed by atoms with van der Waals surface area (Å²) in [4.78, 5) is 53.0. The van der Waals surface area contributed by atoms with Gasteiger partial charge in [0.2, 0.25) is 17.7 Å². The number of likely N-dealkylation sites (tertiary alicyclic amines) is 1. The second kappa shape index (κ2) is 14.6. The highest BCUT2D eigenvalue weighted by molar-refractivity contribution is 7.98. The molecule has 1 fully saturated rings. The Hall–Kier alpha value is -3.77. The molecule has 1 heterocycles. The Morgan fingerprint density at radius 3 is 2.08 bits per heavy atom. The first kappa shape index (κ1) is 30.8. The predicted octanol–water partition coefficient (Wildman–Crippen LogP) is 1.01. The van der Waals surface area contributed by atoms with Crippen LogP contribution in [-0.4, -0.2) is 86.6 Å². The van der Waals surface area contributed by atoms with Gasteiger partial charge in [-0.1, -0.05) is 24.3 Å². The van der Waals surface area contributed by atoms with Gasteiger partial charge in [0.15, 0.2) is 0 Å². The number of benzene rings is 2. The highest BCUT2D eigenvalue weighted by Gasteiger charge is 2.38. The molecule has 0 spiro atoms. The fourth-order valence-corrected chi connectivity index (χ4v) is 5.07. The molecule has 40 heavy (non-hydrogen) atoms. The molecule has 12 heteroatoms. The van der Waals surface area contributed by atoms with Crippen LogP contribution in [0.4, 0.5) is 0 Å². The zero-order valence-electron chi connectivity index (χ0n) is 22.3. The van der Waals surface area contributed by atoms with Gasteiger partial charge in [0.05, 0.1) is 6.04 Å². The molecule has 1 aliphatic rings. The number of nitrogens with one attached hydrogen (secondary N) is 2. The summed E-state index contributed by atoms with van der Waals surface area (Å²) in [6.45, 7) is 0.338. The normalized spacial score (nSPS) is 17.1. The van der Waals surface area contributed by atoms with E-state index in [2.05, 4.69) is 10.6 Å². The molecule has 4 unspecified atom stereocenters. The molecule has 0 aromatic heterocycles. The third kappa shape index (κ3) is 8.62. The first-order chi connectivity index (χ1) is 19.1. The Balaban J connectivity index is 1.73. The Morgan fingerprint density at radius 1 is 0.950 bits per heavy atom. The molecule has 4 atom stereocenters. The summed E-state index contributed by atoms with van der Waals surface area (Å²) in [6, 6.07) is 8.52. The Bertz CT molecular complexity index is 1180. The topological polar surface area (TPSA) is 182 Å². The van der Waals surface area contributed by atoms with Crippen LogP contribution in [0.15, 0.2) is 48.5 Å². The first-order valence-corrected chi connectivity index (χ1v) is 14.4. The lowest BCUT2D eigenvalue weighted by Crippen LogP contribution is -2.57. The standard InChI is InChI=1S/C28H36N4O7S/c1-40-14-12-22(28(38)39)30-25(35)23(16-18-6-10-20(34)11-7-18)31-26(36)24-3-2-13-32(24)27(37)21(29)15-17-4-8-19(33)9-5-17/h4-11,21-24,33-34H,2-3,12-16,29H2,1H3,(H,30,35)(H,31,36)(H,38,39). The predicted molar refractivity (Wildman–Crippen MR) is 151 cm³/mol. The molecule has 0 saturated carbocycles. The van der Waals surface area contributed by atoms with E-state index in [4.69, 9.17) is 5.73 Å². The largest absolute Gasteiger partial charge is 0.508 e. The van der Waals surface area contributed by atoms with Crippen LogP contribution in [-0.2, 0) is 32.0 Å². The van der Waals surface area contributed by atoms with Crippen LogP contribution >= 0.6 is 11.8 Å². The van der Waals surface area contributed by atoms with Gasteiger partial charge >= 0.3 is 5.97 Å². The van der Waals surface area contributed by atoms with E-state index in [-0.39, 0.29) is 30.8 Å². The summed E-state index contributed by atoms with van der Waals surface area (Å²) in [7, 11) is 0.